The predicted molar refractivity (Wildman–Crippen MR) is 71.5 cm³/mol. The molecule has 0 radical (unpaired) electrons. The predicted octanol–water partition coefficient (Wildman–Crippen LogP) is 2.87. The molecule has 96 valence electrons. The summed E-state index contributed by atoms with van der Waals surface area (Å²) in [7, 11) is 0. The van der Waals surface area contributed by atoms with Crippen molar-refractivity contribution in [3.05, 3.63) is 0 Å². The summed E-state index contributed by atoms with van der Waals surface area (Å²) >= 11 is 0. The Morgan fingerprint density at radius 3 is 1.88 bits per heavy atom. The van der Waals surface area contributed by atoms with Crippen LogP contribution >= 0.6 is 0 Å². The zero-order valence-electron chi connectivity index (χ0n) is 12.2. The molecule has 16 heavy (non-hydrogen) atoms. The maximum atomic E-state index is 5.91. The van der Waals surface area contributed by atoms with E-state index in [-0.39, 0.29) is 5.54 Å². The number of hydrogen-bond acceptors (Lipinski definition) is 2. The molecule has 2 N–H and O–H groups in total. The summed E-state index contributed by atoms with van der Waals surface area (Å²) in [4.78, 5) is 2.69. The highest BCUT2D eigenvalue weighted by atomic mass is 15.3. The van der Waals surface area contributed by atoms with E-state index in [0.717, 1.165) is 6.54 Å². The Labute approximate surface area is 102 Å². The van der Waals surface area contributed by atoms with Crippen LogP contribution in [0.5, 0.6) is 0 Å². The summed E-state index contributed by atoms with van der Waals surface area (Å²) < 4.78 is 0. The molecule has 0 bridgehead atoms. The van der Waals surface area contributed by atoms with Gasteiger partial charge in [-0.05, 0) is 52.0 Å². The number of likely N-dealkylation sites (tertiary alicyclic amines) is 1. The third-order valence-corrected chi connectivity index (χ3v) is 4.06. The van der Waals surface area contributed by atoms with Crippen molar-refractivity contribution in [2.45, 2.75) is 72.5 Å². The van der Waals surface area contributed by atoms with Gasteiger partial charge in [-0.25, -0.2) is 0 Å². The topological polar surface area (TPSA) is 29.3 Å². The molecule has 1 saturated heterocycles. The monoisotopic (exact) mass is 226 g/mol. The van der Waals surface area contributed by atoms with Gasteiger partial charge in [-0.15, -0.1) is 0 Å². The zero-order valence-corrected chi connectivity index (χ0v) is 12.2. The van der Waals surface area contributed by atoms with E-state index in [1.54, 1.807) is 0 Å². The minimum absolute atomic E-state index is 0.237. The van der Waals surface area contributed by atoms with Crippen LogP contribution in [0.25, 0.3) is 0 Å². The van der Waals surface area contributed by atoms with Crippen LogP contribution < -0.4 is 5.73 Å². The molecule has 0 aromatic rings. The molecule has 1 aliphatic rings. The van der Waals surface area contributed by atoms with Crippen LogP contribution in [0.3, 0.4) is 0 Å². The summed E-state index contributed by atoms with van der Waals surface area (Å²) in [5.74, 6) is 0.656. The van der Waals surface area contributed by atoms with Crippen LogP contribution in [0.4, 0.5) is 0 Å². The smallest absolute Gasteiger partial charge is 0.0156 e. The SMILES string of the molecule is C[C@@H]1[C@@H](CN)CC(C(C)(C)C)N1C(C)(C)C. The molecule has 2 nitrogen and oxygen atoms in total. The van der Waals surface area contributed by atoms with Crippen molar-refractivity contribution in [3.63, 3.8) is 0 Å². The molecular weight excluding hydrogens is 196 g/mol. The molecule has 1 aliphatic heterocycles. The quantitative estimate of drug-likeness (QED) is 0.745. The molecule has 0 aromatic carbocycles. The van der Waals surface area contributed by atoms with Crippen LogP contribution in [-0.2, 0) is 0 Å². The van der Waals surface area contributed by atoms with Gasteiger partial charge in [0.15, 0.2) is 0 Å². The molecular formula is C14H30N2. The first kappa shape index (κ1) is 14.0. The Kier molecular flexibility index (Phi) is 3.76. The van der Waals surface area contributed by atoms with Crippen LogP contribution in [0, 0.1) is 11.3 Å². The first-order valence-corrected chi connectivity index (χ1v) is 6.57. The van der Waals surface area contributed by atoms with E-state index in [1.807, 2.05) is 0 Å². The molecule has 0 aromatic heterocycles. The van der Waals surface area contributed by atoms with Gasteiger partial charge < -0.3 is 5.73 Å². The summed E-state index contributed by atoms with van der Waals surface area (Å²) in [6.07, 6.45) is 1.25. The molecule has 2 heteroatoms. The second-order valence-corrected chi connectivity index (χ2v) is 7.43. The van der Waals surface area contributed by atoms with E-state index in [0.29, 0.717) is 23.4 Å². The first-order valence-electron chi connectivity index (χ1n) is 6.57. The molecule has 1 heterocycles. The maximum Gasteiger partial charge on any atom is 0.0156 e. The number of nitrogens with zero attached hydrogens (tertiary/aromatic N) is 1. The van der Waals surface area contributed by atoms with Crippen molar-refractivity contribution >= 4 is 0 Å². The standard InChI is InChI=1S/C14H30N2/c1-10-11(9-15)8-12(13(2,3)4)16(10)14(5,6)7/h10-12H,8-9,15H2,1-7H3/t10-,11-,12?/m1/s1. The number of rotatable bonds is 1. The Balaban J connectivity index is 3.00. The van der Waals surface area contributed by atoms with Crippen molar-refractivity contribution < 1.29 is 0 Å². The fraction of sp³-hybridized carbons (Fsp3) is 1.00. The van der Waals surface area contributed by atoms with Gasteiger partial charge in [-0.1, -0.05) is 20.8 Å². The molecule has 0 aliphatic carbocycles. The Morgan fingerprint density at radius 2 is 1.62 bits per heavy atom. The molecule has 0 amide bonds. The van der Waals surface area contributed by atoms with Gasteiger partial charge in [-0.3, -0.25) is 4.90 Å². The van der Waals surface area contributed by atoms with Crippen molar-refractivity contribution in [3.8, 4) is 0 Å². The van der Waals surface area contributed by atoms with Crippen LogP contribution in [-0.4, -0.2) is 29.1 Å². The zero-order chi connectivity index (χ0) is 12.7. The normalized spacial score (nSPS) is 33.4. The van der Waals surface area contributed by atoms with Crippen LogP contribution in [0.1, 0.15) is 54.9 Å². The molecule has 1 rings (SSSR count). The summed E-state index contributed by atoms with van der Waals surface area (Å²) in [5, 5.41) is 0. The Hall–Kier alpha value is -0.0800. The van der Waals surface area contributed by atoms with Crippen LogP contribution in [0.15, 0.2) is 0 Å². The molecule has 0 saturated carbocycles. The molecule has 0 spiro atoms. The first-order chi connectivity index (χ1) is 7.09. The molecule has 3 atom stereocenters. The fourth-order valence-corrected chi connectivity index (χ4v) is 3.25. The van der Waals surface area contributed by atoms with Gasteiger partial charge in [0, 0.05) is 17.6 Å². The maximum absolute atomic E-state index is 5.91. The third-order valence-electron chi connectivity index (χ3n) is 4.06. The third kappa shape index (κ3) is 2.60. The van der Waals surface area contributed by atoms with Gasteiger partial charge in [0.05, 0.1) is 0 Å². The van der Waals surface area contributed by atoms with Gasteiger partial charge in [0.25, 0.3) is 0 Å². The highest BCUT2D eigenvalue weighted by molar-refractivity contribution is 5.01. The van der Waals surface area contributed by atoms with Gasteiger partial charge in [0.2, 0.25) is 0 Å². The largest absolute Gasteiger partial charge is 0.330 e. The van der Waals surface area contributed by atoms with E-state index in [4.69, 9.17) is 5.73 Å². The van der Waals surface area contributed by atoms with E-state index in [1.165, 1.54) is 6.42 Å². The molecule has 1 fully saturated rings. The summed E-state index contributed by atoms with van der Waals surface area (Å²) in [6, 6.07) is 1.25. The highest BCUT2D eigenvalue weighted by Crippen LogP contribution is 2.42. The van der Waals surface area contributed by atoms with E-state index in [9.17, 15) is 0 Å². The van der Waals surface area contributed by atoms with Gasteiger partial charge in [-0.2, -0.15) is 0 Å². The average Bonchev–Trinajstić information content (AvgIpc) is 2.40. The lowest BCUT2D eigenvalue weighted by Gasteiger charge is -2.45. The van der Waals surface area contributed by atoms with E-state index >= 15 is 0 Å². The average molecular weight is 226 g/mol. The van der Waals surface area contributed by atoms with E-state index in [2.05, 4.69) is 53.4 Å². The second kappa shape index (κ2) is 4.30. The summed E-state index contributed by atoms with van der Waals surface area (Å²) in [6.45, 7) is 17.2. The van der Waals surface area contributed by atoms with Gasteiger partial charge in [0.1, 0.15) is 0 Å². The highest BCUT2D eigenvalue weighted by Gasteiger charge is 2.47. The Bertz CT molecular complexity index is 234. The number of nitrogens with two attached hydrogens (primary N) is 1. The lowest BCUT2D eigenvalue weighted by Crippen LogP contribution is -2.52. The van der Waals surface area contributed by atoms with Gasteiger partial charge >= 0.3 is 0 Å². The lowest BCUT2D eigenvalue weighted by atomic mass is 9.82. The Morgan fingerprint density at radius 1 is 1.12 bits per heavy atom. The van der Waals surface area contributed by atoms with Crippen molar-refractivity contribution in [1.82, 2.24) is 4.90 Å². The fourth-order valence-electron chi connectivity index (χ4n) is 3.25. The van der Waals surface area contributed by atoms with E-state index < -0.39 is 0 Å². The summed E-state index contributed by atoms with van der Waals surface area (Å²) in [5.41, 5.74) is 6.48. The van der Waals surface area contributed by atoms with Crippen molar-refractivity contribution in [2.24, 2.45) is 17.1 Å². The van der Waals surface area contributed by atoms with Crippen molar-refractivity contribution in [1.29, 1.82) is 0 Å². The second-order valence-electron chi connectivity index (χ2n) is 7.43. The lowest BCUT2D eigenvalue weighted by molar-refractivity contribution is 0.0280. The molecule has 1 unspecified atom stereocenters. The minimum Gasteiger partial charge on any atom is -0.330 e. The minimum atomic E-state index is 0.237. The number of hydrogen-bond donors (Lipinski definition) is 1. The van der Waals surface area contributed by atoms with Crippen LogP contribution in [0.2, 0.25) is 0 Å². The van der Waals surface area contributed by atoms with Crippen molar-refractivity contribution in [2.75, 3.05) is 6.54 Å².